The van der Waals surface area contributed by atoms with Gasteiger partial charge >= 0.3 is 18.0 Å². The fourth-order valence-corrected chi connectivity index (χ4v) is 7.10. The summed E-state index contributed by atoms with van der Waals surface area (Å²) >= 11 is 0. The molecule has 2 heterocycles. The fourth-order valence-electron chi connectivity index (χ4n) is 7.10. The zero-order valence-electron chi connectivity index (χ0n) is 34.6. The lowest BCUT2D eigenvalue weighted by Crippen LogP contribution is -2.54. The van der Waals surface area contributed by atoms with E-state index in [1.54, 1.807) is 29.2 Å². The molecule has 0 aliphatic carbocycles. The third-order valence-electron chi connectivity index (χ3n) is 10.7. The van der Waals surface area contributed by atoms with Crippen LogP contribution in [-0.4, -0.2) is 122 Å². The number of para-hydroxylation sites is 2. The molecule has 4 amide bonds. The Balaban J connectivity index is 0.000000221. The molecule has 4 aromatic carbocycles. The van der Waals surface area contributed by atoms with Crippen LogP contribution in [0.15, 0.2) is 109 Å². The molecular formula is C46H59N7O5. The molecule has 4 aromatic rings. The number of carbonyl (C=O) groups is 4. The highest BCUT2D eigenvalue weighted by Crippen LogP contribution is 2.22. The molecule has 0 aromatic heterocycles. The van der Waals surface area contributed by atoms with Crippen LogP contribution in [0.5, 0.6) is 0 Å². The Morgan fingerprint density at radius 2 is 0.914 bits per heavy atom. The first kappa shape index (κ1) is 43.6. The van der Waals surface area contributed by atoms with Gasteiger partial charge in [-0.25, -0.2) is 14.4 Å². The van der Waals surface area contributed by atoms with E-state index in [1.165, 1.54) is 7.11 Å². The standard InChI is InChI=1S/C23H30N4O2.C23H29N3O3/c1-18(2)25-12-14-26(15-13-25)23(29)27(21-6-4-3-5-7-21)17-19-8-10-20(11-9-19)22(28)16-24;1-18(2)24-13-15-25(16-14-24)23(28)26(21-7-5-4-6-8-21)17-19-9-11-20(12-10-19)22(27)29-3/h3-11,18H,12-17,24H2,1-2H3;4-12,18H,13-17H2,1-3H3. The Bertz CT molecular complexity index is 1770. The van der Waals surface area contributed by atoms with Gasteiger partial charge in [-0.05, 0) is 75.2 Å². The van der Waals surface area contributed by atoms with E-state index in [-0.39, 0.29) is 30.4 Å². The molecular weight excluding hydrogens is 731 g/mol. The second-order valence-corrected chi connectivity index (χ2v) is 15.2. The average molecular weight is 790 g/mol. The van der Waals surface area contributed by atoms with Gasteiger partial charge in [0.25, 0.3) is 0 Å². The second kappa shape index (κ2) is 21.3. The normalized spacial score (nSPS) is 14.8. The van der Waals surface area contributed by atoms with Gasteiger partial charge in [0, 0.05) is 81.4 Å². The van der Waals surface area contributed by atoms with Crippen LogP contribution < -0.4 is 15.5 Å². The lowest BCUT2D eigenvalue weighted by Gasteiger charge is -2.39. The molecule has 2 N–H and O–H groups in total. The Morgan fingerprint density at radius 1 is 0.552 bits per heavy atom. The number of anilines is 2. The van der Waals surface area contributed by atoms with E-state index in [0.29, 0.717) is 36.3 Å². The zero-order valence-corrected chi connectivity index (χ0v) is 34.6. The molecule has 0 atom stereocenters. The van der Waals surface area contributed by atoms with Crippen molar-refractivity contribution in [3.05, 3.63) is 131 Å². The number of rotatable bonds is 11. The summed E-state index contributed by atoms with van der Waals surface area (Å²) in [5.41, 5.74) is 10.2. The molecule has 12 heteroatoms. The van der Waals surface area contributed by atoms with E-state index < -0.39 is 0 Å². The number of hydrogen-bond donors (Lipinski definition) is 1. The number of nitrogens with two attached hydrogens (primary N) is 1. The van der Waals surface area contributed by atoms with Gasteiger partial charge in [-0.2, -0.15) is 0 Å². The molecule has 0 bridgehead atoms. The molecule has 58 heavy (non-hydrogen) atoms. The van der Waals surface area contributed by atoms with Crippen molar-refractivity contribution in [2.24, 2.45) is 5.73 Å². The van der Waals surface area contributed by atoms with Gasteiger partial charge in [0.2, 0.25) is 0 Å². The van der Waals surface area contributed by atoms with Crippen LogP contribution in [-0.2, 0) is 17.8 Å². The molecule has 2 aliphatic heterocycles. The van der Waals surface area contributed by atoms with Gasteiger partial charge in [-0.15, -0.1) is 0 Å². The Kier molecular flexibility index (Phi) is 16.0. The summed E-state index contributed by atoms with van der Waals surface area (Å²) in [6, 6.07) is 35.0. The number of piperazine rings is 2. The van der Waals surface area contributed by atoms with E-state index in [2.05, 4.69) is 37.5 Å². The number of methoxy groups -OCH3 is 1. The maximum Gasteiger partial charge on any atom is 0.337 e. The van der Waals surface area contributed by atoms with Crippen LogP contribution >= 0.6 is 0 Å². The lowest BCUT2D eigenvalue weighted by molar-refractivity contribution is 0.0600. The van der Waals surface area contributed by atoms with Crippen molar-refractivity contribution in [2.75, 3.05) is 75.8 Å². The minimum Gasteiger partial charge on any atom is -0.465 e. The highest BCUT2D eigenvalue weighted by Gasteiger charge is 2.29. The predicted molar refractivity (Wildman–Crippen MR) is 230 cm³/mol. The number of ketones is 1. The average Bonchev–Trinajstić information content (AvgIpc) is 3.27. The summed E-state index contributed by atoms with van der Waals surface area (Å²) in [6.45, 7) is 16.1. The van der Waals surface area contributed by atoms with Gasteiger partial charge in [0.1, 0.15) is 0 Å². The highest BCUT2D eigenvalue weighted by molar-refractivity contribution is 5.97. The first-order valence-corrected chi connectivity index (χ1v) is 20.2. The van der Waals surface area contributed by atoms with Gasteiger partial charge in [0.05, 0.1) is 32.3 Å². The second-order valence-electron chi connectivity index (χ2n) is 15.2. The summed E-state index contributed by atoms with van der Waals surface area (Å²) < 4.78 is 4.76. The maximum atomic E-state index is 13.4. The predicted octanol–water partition coefficient (Wildman–Crippen LogP) is 6.61. The summed E-state index contributed by atoms with van der Waals surface area (Å²) in [6.07, 6.45) is 0. The van der Waals surface area contributed by atoms with Crippen molar-refractivity contribution in [3.63, 3.8) is 0 Å². The van der Waals surface area contributed by atoms with Crippen molar-refractivity contribution < 1.29 is 23.9 Å². The molecule has 12 nitrogen and oxygen atoms in total. The molecule has 0 saturated carbocycles. The van der Waals surface area contributed by atoms with E-state index in [1.807, 2.05) is 99.6 Å². The van der Waals surface area contributed by atoms with Crippen molar-refractivity contribution in [1.82, 2.24) is 19.6 Å². The summed E-state index contributed by atoms with van der Waals surface area (Å²) in [5.74, 6) is -0.453. The number of nitrogens with zero attached hydrogens (tertiary/aromatic N) is 6. The molecule has 6 rings (SSSR count). The highest BCUT2D eigenvalue weighted by atomic mass is 16.5. The molecule has 2 saturated heterocycles. The van der Waals surface area contributed by atoms with Crippen LogP contribution in [0, 0.1) is 0 Å². The van der Waals surface area contributed by atoms with Crippen molar-refractivity contribution in [1.29, 1.82) is 0 Å². The van der Waals surface area contributed by atoms with E-state index in [4.69, 9.17) is 10.5 Å². The maximum absolute atomic E-state index is 13.4. The van der Waals surface area contributed by atoms with Crippen molar-refractivity contribution in [3.8, 4) is 0 Å². The number of urea groups is 2. The van der Waals surface area contributed by atoms with Crippen molar-refractivity contribution in [2.45, 2.75) is 52.9 Å². The lowest BCUT2D eigenvalue weighted by atomic mass is 10.1. The summed E-state index contributed by atoms with van der Waals surface area (Å²) in [4.78, 5) is 62.4. The Hall–Kier alpha value is -5.56. The van der Waals surface area contributed by atoms with Crippen LogP contribution in [0.4, 0.5) is 21.0 Å². The molecule has 0 unspecified atom stereocenters. The molecule has 2 aliphatic rings. The quantitative estimate of drug-likeness (QED) is 0.133. The fraction of sp³-hybridized carbons (Fsp3) is 0.391. The Labute approximate surface area is 343 Å². The van der Waals surface area contributed by atoms with Crippen LogP contribution in [0.2, 0.25) is 0 Å². The Morgan fingerprint density at radius 3 is 1.24 bits per heavy atom. The number of esters is 1. The van der Waals surface area contributed by atoms with Crippen molar-refractivity contribution >= 4 is 35.2 Å². The first-order valence-electron chi connectivity index (χ1n) is 20.2. The van der Waals surface area contributed by atoms with Gasteiger partial charge < -0.3 is 20.3 Å². The van der Waals surface area contributed by atoms with Crippen LogP contribution in [0.3, 0.4) is 0 Å². The molecule has 0 radical (unpaired) electrons. The molecule has 308 valence electrons. The summed E-state index contributed by atoms with van der Waals surface area (Å²) in [5, 5.41) is 0. The van der Waals surface area contributed by atoms with E-state index >= 15 is 0 Å². The smallest absolute Gasteiger partial charge is 0.337 e. The number of hydrogen-bond acceptors (Lipinski definition) is 8. The third kappa shape index (κ3) is 11.7. The minimum absolute atomic E-state index is 0.00364. The molecule has 2 fully saturated rings. The zero-order chi connectivity index (χ0) is 41.6. The monoisotopic (exact) mass is 789 g/mol. The topological polar surface area (TPSA) is 123 Å². The van der Waals surface area contributed by atoms with Crippen LogP contribution in [0.25, 0.3) is 0 Å². The SMILES string of the molecule is CC(C)N1CCN(C(=O)N(Cc2ccc(C(=O)CN)cc2)c2ccccc2)CC1.COC(=O)c1ccc(CN(C(=O)N2CCN(C(C)C)CC2)c2ccccc2)cc1. The largest absolute Gasteiger partial charge is 0.465 e. The minimum atomic E-state index is -0.365. The van der Waals surface area contributed by atoms with Gasteiger partial charge in [-0.1, -0.05) is 72.8 Å². The molecule has 0 spiro atoms. The number of carbonyl (C=O) groups excluding carboxylic acids is 4. The number of ether oxygens (including phenoxy) is 1. The number of benzene rings is 4. The van der Waals surface area contributed by atoms with Gasteiger partial charge in [-0.3, -0.25) is 24.4 Å². The number of Topliss-reactive ketones (excluding diaryl/α,β-unsaturated/α-hetero) is 1. The van der Waals surface area contributed by atoms with E-state index in [9.17, 15) is 19.2 Å². The summed E-state index contributed by atoms with van der Waals surface area (Å²) in [7, 11) is 1.37. The van der Waals surface area contributed by atoms with Crippen LogP contribution in [0.1, 0.15) is 59.5 Å². The van der Waals surface area contributed by atoms with Gasteiger partial charge in [0.15, 0.2) is 5.78 Å². The number of amides is 4. The first-order chi connectivity index (χ1) is 28.0. The third-order valence-corrected chi connectivity index (χ3v) is 10.7. The van der Waals surface area contributed by atoms with E-state index in [0.717, 1.165) is 74.9 Å².